The van der Waals surface area contributed by atoms with Crippen LogP contribution in [0.15, 0.2) is 34.9 Å². The van der Waals surface area contributed by atoms with Gasteiger partial charge >= 0.3 is 0 Å². The van der Waals surface area contributed by atoms with Gasteiger partial charge in [-0.3, -0.25) is 0 Å². The van der Waals surface area contributed by atoms with Crippen molar-refractivity contribution in [3.8, 4) is 11.3 Å². The van der Waals surface area contributed by atoms with Crippen molar-refractivity contribution in [2.45, 2.75) is 63.8 Å². The van der Waals surface area contributed by atoms with Crippen LogP contribution < -0.4 is 0 Å². The van der Waals surface area contributed by atoms with Gasteiger partial charge in [-0.2, -0.15) is 0 Å². The molecule has 2 saturated carbocycles. The lowest BCUT2D eigenvalue weighted by molar-refractivity contribution is -0.116. The van der Waals surface area contributed by atoms with Crippen molar-refractivity contribution in [1.82, 2.24) is 10.1 Å². The van der Waals surface area contributed by atoms with Gasteiger partial charge in [0.15, 0.2) is 5.69 Å². The highest BCUT2D eigenvalue weighted by atomic mass is 35.5. The lowest BCUT2D eigenvalue weighted by Gasteiger charge is -2.41. The Morgan fingerprint density at radius 3 is 2.56 bits per heavy atom. The van der Waals surface area contributed by atoms with Gasteiger partial charge in [-0.1, -0.05) is 48.3 Å². The topological polar surface area (TPSA) is 72.7 Å². The number of nitrogens with zero attached hydrogens (tertiary/aromatic N) is 3. The van der Waals surface area contributed by atoms with E-state index in [0.29, 0.717) is 43.9 Å². The average Bonchev–Trinajstić information content (AvgIpc) is 3.55. The number of hydrogen-bond acceptors (Lipinski definition) is 6. The Morgan fingerprint density at radius 2 is 1.92 bits per heavy atom. The van der Waals surface area contributed by atoms with Gasteiger partial charge in [0.05, 0.1) is 29.3 Å². The predicted molar refractivity (Wildman–Crippen MR) is 150 cm³/mol. The molecule has 2 fully saturated rings. The maximum atomic E-state index is 14.6. The van der Waals surface area contributed by atoms with Gasteiger partial charge in [-0.15, -0.1) is 11.3 Å². The van der Waals surface area contributed by atoms with E-state index in [0.717, 1.165) is 24.2 Å². The maximum absolute atomic E-state index is 14.6. The molecule has 2 aliphatic carbocycles. The first-order chi connectivity index (χ1) is 18.7. The molecule has 2 aromatic carbocycles. The molecule has 0 amide bonds. The van der Waals surface area contributed by atoms with Crippen molar-refractivity contribution in [2.75, 3.05) is 0 Å². The van der Waals surface area contributed by atoms with E-state index in [2.05, 4.69) is 15.0 Å². The third kappa shape index (κ3) is 4.45. The highest BCUT2D eigenvalue weighted by molar-refractivity contribution is 7.18. The molecule has 6 nitrogen and oxygen atoms in total. The lowest BCUT2D eigenvalue weighted by atomic mass is 9.73. The molecule has 4 atom stereocenters. The molecule has 202 valence electrons. The number of aromatic nitrogens is 2. The summed E-state index contributed by atoms with van der Waals surface area (Å²) in [6.45, 7) is 11.6. The minimum absolute atomic E-state index is 0.0604. The van der Waals surface area contributed by atoms with Crippen molar-refractivity contribution in [3.05, 3.63) is 73.9 Å². The van der Waals surface area contributed by atoms with Gasteiger partial charge in [0, 0.05) is 21.7 Å². The van der Waals surface area contributed by atoms with Gasteiger partial charge in [-0.05, 0) is 61.8 Å². The fourth-order valence-corrected chi connectivity index (χ4v) is 8.07. The summed E-state index contributed by atoms with van der Waals surface area (Å²) >= 11 is 14.3. The number of benzene rings is 2. The van der Waals surface area contributed by atoms with Crippen molar-refractivity contribution in [1.29, 1.82) is 0 Å². The third-order valence-corrected chi connectivity index (χ3v) is 9.89. The summed E-state index contributed by atoms with van der Waals surface area (Å²) in [5, 5.41) is 17.8. The van der Waals surface area contributed by atoms with Crippen molar-refractivity contribution in [3.63, 3.8) is 0 Å². The number of aliphatic hydroxyl groups is 1. The summed E-state index contributed by atoms with van der Waals surface area (Å²) in [5.74, 6) is 0.163. The van der Waals surface area contributed by atoms with Gasteiger partial charge in [0.25, 0.3) is 0 Å². The van der Waals surface area contributed by atoms with Crippen LogP contribution in [-0.4, -0.2) is 21.4 Å². The molecular formula is C29H26Cl2FN3O3S. The highest BCUT2D eigenvalue weighted by Crippen LogP contribution is 2.57. The number of rotatable bonds is 6. The zero-order chi connectivity index (χ0) is 27.5. The van der Waals surface area contributed by atoms with Crippen molar-refractivity contribution < 1.29 is 18.8 Å². The molecule has 1 N–H and O–H groups in total. The second-order valence-corrected chi connectivity index (χ2v) is 12.6. The van der Waals surface area contributed by atoms with Crippen LogP contribution >= 0.6 is 34.5 Å². The largest absolute Gasteiger partial charge is 0.382 e. The van der Waals surface area contributed by atoms with E-state index in [4.69, 9.17) is 39.0 Å². The molecule has 39 heavy (non-hydrogen) atoms. The Morgan fingerprint density at radius 1 is 1.23 bits per heavy atom. The van der Waals surface area contributed by atoms with Crippen LogP contribution in [0.5, 0.6) is 0 Å². The van der Waals surface area contributed by atoms with Gasteiger partial charge in [0.2, 0.25) is 0 Å². The normalized spacial score (nSPS) is 24.5. The first kappa shape index (κ1) is 26.7. The standard InChI is InChI=1S/C29H26Cl2FN3O3S/c1-14(2)27-19(25(35-38-27)24-20(30)5-4-6-21(24)31)13-37-18-9-15-7-8-16(10-18)29(15,36)28-34-26-22(32)11-17(33-3)12-23(26)39-28/h4-6,11-12,14-16,18,36H,7-10,13H2,1-2H3/t15-,16+,18?,29?. The van der Waals surface area contributed by atoms with Crippen molar-refractivity contribution in [2.24, 2.45) is 11.8 Å². The Labute approximate surface area is 239 Å². The van der Waals surface area contributed by atoms with E-state index in [-0.39, 0.29) is 41.7 Å². The van der Waals surface area contributed by atoms with Crippen LogP contribution in [0.2, 0.25) is 10.0 Å². The first-order valence-electron chi connectivity index (χ1n) is 13.0. The Bertz CT molecular complexity index is 1580. The van der Waals surface area contributed by atoms with Crippen LogP contribution in [0.1, 0.15) is 61.8 Å². The molecule has 2 bridgehead atoms. The highest BCUT2D eigenvalue weighted by Gasteiger charge is 2.56. The quantitative estimate of drug-likeness (QED) is 0.229. The first-order valence-corrected chi connectivity index (χ1v) is 14.5. The number of halogens is 3. The van der Waals surface area contributed by atoms with Crippen molar-refractivity contribution >= 4 is 50.4 Å². The van der Waals surface area contributed by atoms with Gasteiger partial charge in [0.1, 0.15) is 33.4 Å². The van der Waals surface area contributed by atoms with E-state index in [9.17, 15) is 9.50 Å². The molecule has 0 radical (unpaired) electrons. The molecule has 2 aliphatic rings. The third-order valence-electron chi connectivity index (χ3n) is 8.11. The predicted octanol–water partition coefficient (Wildman–Crippen LogP) is 8.66. The molecule has 2 heterocycles. The van der Waals surface area contributed by atoms with Crippen LogP contribution in [-0.2, 0) is 16.9 Å². The molecular weight excluding hydrogens is 560 g/mol. The van der Waals surface area contributed by atoms with E-state index in [1.165, 1.54) is 17.4 Å². The van der Waals surface area contributed by atoms with Gasteiger partial charge < -0.3 is 14.4 Å². The molecule has 10 heteroatoms. The van der Waals surface area contributed by atoms with E-state index in [1.807, 2.05) is 13.8 Å². The Balaban J connectivity index is 1.25. The molecule has 2 unspecified atom stereocenters. The number of thiazole rings is 1. The molecule has 0 aliphatic heterocycles. The van der Waals surface area contributed by atoms with Crippen LogP contribution in [0.25, 0.3) is 26.3 Å². The molecule has 2 aromatic heterocycles. The second-order valence-electron chi connectivity index (χ2n) is 10.7. The summed E-state index contributed by atoms with van der Waals surface area (Å²) in [6.07, 6.45) is 2.93. The lowest BCUT2D eigenvalue weighted by Crippen LogP contribution is -2.44. The average molecular weight is 587 g/mol. The Hall–Kier alpha value is -2.54. The summed E-state index contributed by atoms with van der Waals surface area (Å²) in [4.78, 5) is 7.88. The van der Waals surface area contributed by atoms with Crippen LogP contribution in [0, 0.1) is 24.2 Å². The zero-order valence-electron chi connectivity index (χ0n) is 21.4. The number of ether oxygens (including phenoxy) is 1. The number of fused-ring (bicyclic) bond motifs is 3. The summed E-state index contributed by atoms with van der Waals surface area (Å²) in [6, 6.07) is 8.17. The van der Waals surface area contributed by atoms with E-state index >= 15 is 0 Å². The SMILES string of the molecule is [C-]#[N+]c1cc(F)c2nc(C3(O)[C@@H]4CC[C@H]3CC(OCc3c(-c5c(Cl)cccc5Cl)noc3C(C)C)C4)sc2c1. The van der Waals surface area contributed by atoms with Crippen LogP contribution in [0.3, 0.4) is 0 Å². The minimum Gasteiger partial charge on any atom is -0.382 e. The smallest absolute Gasteiger partial charge is 0.191 e. The maximum Gasteiger partial charge on any atom is 0.191 e. The fourth-order valence-electron chi connectivity index (χ4n) is 6.23. The fraction of sp³-hybridized carbons (Fsp3) is 0.414. The van der Waals surface area contributed by atoms with E-state index < -0.39 is 11.4 Å². The molecule has 4 aromatic rings. The van der Waals surface area contributed by atoms with Crippen LogP contribution in [0.4, 0.5) is 10.1 Å². The monoisotopic (exact) mass is 585 g/mol. The summed E-state index contributed by atoms with van der Waals surface area (Å²) < 4.78 is 27.4. The molecule has 0 spiro atoms. The Kier molecular flexibility index (Phi) is 6.93. The second kappa shape index (κ2) is 10.1. The molecule has 6 rings (SSSR count). The summed E-state index contributed by atoms with van der Waals surface area (Å²) in [7, 11) is 0. The minimum atomic E-state index is -1.13. The summed E-state index contributed by atoms with van der Waals surface area (Å²) in [5.41, 5.74) is 1.34. The molecule has 0 saturated heterocycles. The zero-order valence-corrected chi connectivity index (χ0v) is 23.7. The van der Waals surface area contributed by atoms with Gasteiger partial charge in [-0.25, -0.2) is 14.2 Å². The number of hydrogen-bond donors (Lipinski definition) is 1. The van der Waals surface area contributed by atoms with E-state index in [1.54, 1.807) is 24.3 Å².